The third-order valence-corrected chi connectivity index (χ3v) is 10.9. The van der Waals surface area contributed by atoms with Gasteiger partial charge in [0.1, 0.15) is 29.4 Å². The first kappa shape index (κ1) is 34.1. The molecular weight excluding hydrogens is 796 g/mol. The smallest absolute Gasteiger partial charge is 0.510 e. The standard InChI is InChI=1S/C27H19NP.C15H17N4.Os/c1-4-11-21(12-5-1)25-20-19-22-13-10-18-26(27(22)28-25)29(23-14-6-2-7-15-23)24-16-8-3-9-17-24;1-13-8-14(18-6-4-16(2)11-18)10-15(9-13)19-7-5-17(3)12-19;/h1-11,13-20H;4-9,11-12H,1-3H3;/q-1;-3;+4/p+1. The molecule has 0 bridgehead atoms. The van der Waals surface area contributed by atoms with E-state index in [0.717, 1.165) is 28.1 Å². The van der Waals surface area contributed by atoms with Crippen LogP contribution in [0.4, 0.5) is 11.4 Å². The van der Waals surface area contributed by atoms with Gasteiger partial charge in [0.05, 0.1) is 0 Å². The molecule has 6 aromatic rings. The first-order valence-electron chi connectivity index (χ1n) is 16.0. The minimum atomic E-state index is -1.17. The Bertz CT molecular complexity index is 1970. The molecule has 0 amide bonds. The minimum absolute atomic E-state index is 0. The molecule has 0 unspecified atom stereocenters. The van der Waals surface area contributed by atoms with Gasteiger partial charge in [0.25, 0.3) is 0 Å². The van der Waals surface area contributed by atoms with Gasteiger partial charge in [-0.25, -0.2) is 0 Å². The number of benzene rings is 5. The van der Waals surface area contributed by atoms with Crippen LogP contribution >= 0.6 is 7.92 Å². The average molecular weight is 833 g/mol. The quantitative estimate of drug-likeness (QED) is 0.127. The van der Waals surface area contributed by atoms with Crippen molar-refractivity contribution in [3.63, 3.8) is 0 Å². The van der Waals surface area contributed by atoms with Crippen LogP contribution in [0.15, 0.2) is 152 Å². The Balaban J connectivity index is 0.000000181. The van der Waals surface area contributed by atoms with Crippen molar-refractivity contribution in [2.75, 3.05) is 23.9 Å². The fourth-order valence-corrected chi connectivity index (χ4v) is 8.59. The molecule has 3 heterocycles. The first-order chi connectivity index (χ1) is 23.5. The minimum Gasteiger partial charge on any atom is -0.510 e. The van der Waals surface area contributed by atoms with E-state index in [9.17, 15) is 0 Å². The number of anilines is 2. The maximum absolute atomic E-state index is 5.11. The predicted molar refractivity (Wildman–Crippen MR) is 203 cm³/mol. The van der Waals surface area contributed by atoms with Gasteiger partial charge in [-0.05, 0) is 74.9 Å². The summed E-state index contributed by atoms with van der Waals surface area (Å²) < 4.78 is 0. The molecule has 0 fully saturated rings. The molecule has 0 spiro atoms. The van der Waals surface area contributed by atoms with E-state index < -0.39 is 7.92 Å². The van der Waals surface area contributed by atoms with Crippen molar-refractivity contribution >= 4 is 46.1 Å². The number of hydrogen-bond donors (Lipinski definition) is 0. The van der Waals surface area contributed by atoms with Crippen molar-refractivity contribution in [1.82, 2.24) is 14.8 Å². The van der Waals surface area contributed by atoms with Gasteiger partial charge in [-0.3, -0.25) is 4.98 Å². The topological polar surface area (TPSA) is 25.9 Å². The van der Waals surface area contributed by atoms with Crippen LogP contribution in [0.1, 0.15) is 5.56 Å². The Labute approximate surface area is 304 Å². The van der Waals surface area contributed by atoms with Gasteiger partial charge in [0.2, 0.25) is 0 Å². The van der Waals surface area contributed by atoms with Gasteiger partial charge < -0.3 is 19.6 Å². The number of para-hydroxylation sites is 1. The molecule has 242 valence electrons. The molecule has 0 saturated carbocycles. The van der Waals surface area contributed by atoms with Gasteiger partial charge >= 0.3 is 19.8 Å². The first-order valence-corrected chi connectivity index (χ1v) is 17.5. The molecular formula is C42H37N5OsP+. The normalized spacial score (nSPS) is 13.6. The van der Waals surface area contributed by atoms with Gasteiger partial charge in [-0.15, -0.1) is 65.5 Å². The van der Waals surface area contributed by atoms with E-state index in [2.05, 4.69) is 138 Å². The van der Waals surface area contributed by atoms with Crippen molar-refractivity contribution in [2.45, 2.75) is 6.92 Å². The second-order valence-electron chi connectivity index (χ2n) is 11.9. The van der Waals surface area contributed by atoms with E-state index in [1.165, 1.54) is 26.9 Å². The molecule has 0 aliphatic carbocycles. The summed E-state index contributed by atoms with van der Waals surface area (Å²) in [5.74, 6) is 0. The Morgan fingerprint density at radius 3 is 1.76 bits per heavy atom. The summed E-state index contributed by atoms with van der Waals surface area (Å²) in [7, 11) is 2.85. The van der Waals surface area contributed by atoms with Crippen molar-refractivity contribution < 1.29 is 19.8 Å². The molecule has 5 aromatic carbocycles. The van der Waals surface area contributed by atoms with E-state index >= 15 is 0 Å². The van der Waals surface area contributed by atoms with Crippen LogP contribution in [0, 0.1) is 32.4 Å². The fourth-order valence-electron chi connectivity index (χ4n) is 5.88. The number of rotatable bonds is 6. The summed E-state index contributed by atoms with van der Waals surface area (Å²) >= 11 is 0. The summed E-state index contributed by atoms with van der Waals surface area (Å²) in [6, 6.07) is 51.5. The van der Waals surface area contributed by atoms with Gasteiger partial charge in [-0.2, -0.15) is 18.9 Å². The van der Waals surface area contributed by atoms with Crippen LogP contribution in [0.5, 0.6) is 0 Å². The molecule has 49 heavy (non-hydrogen) atoms. The van der Waals surface area contributed by atoms with Crippen LogP contribution in [-0.4, -0.2) is 28.9 Å². The molecule has 8 rings (SSSR count). The second-order valence-corrected chi connectivity index (χ2v) is 14.3. The summed E-state index contributed by atoms with van der Waals surface area (Å²) in [5.41, 5.74) is 6.39. The van der Waals surface area contributed by atoms with Crippen LogP contribution in [0.2, 0.25) is 0 Å². The van der Waals surface area contributed by atoms with Crippen LogP contribution in [0.3, 0.4) is 0 Å². The molecule has 1 aromatic heterocycles. The summed E-state index contributed by atoms with van der Waals surface area (Å²) in [5, 5.41) is 5.24. The fraction of sp³-hybridized carbons (Fsp3) is 0.0714. The largest absolute Gasteiger partial charge is 4.00 e. The number of aromatic nitrogens is 1. The maximum Gasteiger partial charge on any atom is 4.00 e. The molecule has 0 radical (unpaired) electrons. The van der Waals surface area contributed by atoms with Crippen molar-refractivity contribution in [3.8, 4) is 11.3 Å². The molecule has 5 nitrogen and oxygen atoms in total. The van der Waals surface area contributed by atoms with Crippen molar-refractivity contribution in [1.29, 1.82) is 0 Å². The molecule has 7 heteroatoms. The van der Waals surface area contributed by atoms with E-state index in [1.807, 2.05) is 80.2 Å². The second kappa shape index (κ2) is 15.6. The Kier molecular flexibility index (Phi) is 10.9. The Hall–Kier alpha value is -4.74. The van der Waals surface area contributed by atoms with Gasteiger partial charge in [-0.1, -0.05) is 67.6 Å². The number of aryl methyl sites for hydroxylation is 1. The predicted octanol–water partition coefficient (Wildman–Crippen LogP) is 7.67. The number of fused-ring (bicyclic) bond motifs is 1. The monoisotopic (exact) mass is 834 g/mol. The Morgan fingerprint density at radius 2 is 1.22 bits per heavy atom. The third kappa shape index (κ3) is 7.95. The SMILES string of the molecule is Cc1cc(N2C=CN(C)[CH-]2)[c-]c(N2C=CN(C)[CH-]2)c1.[Os+4].[c-]1ccccc1-c1ccc2cccc([PH+](c3ccccc3)c3ccccc3)c2n1. The zero-order chi connectivity index (χ0) is 32.9. The molecule has 2 aliphatic heterocycles. The van der Waals surface area contributed by atoms with Crippen LogP contribution in [-0.2, 0) is 19.8 Å². The molecule has 0 N–H and O–H groups in total. The van der Waals surface area contributed by atoms with E-state index in [4.69, 9.17) is 4.98 Å². The number of pyridine rings is 1. The van der Waals surface area contributed by atoms with E-state index in [1.54, 1.807) is 0 Å². The zero-order valence-corrected chi connectivity index (χ0v) is 31.2. The number of nitrogens with zero attached hydrogens (tertiary/aromatic N) is 5. The average Bonchev–Trinajstić information content (AvgIpc) is 3.78. The summed E-state index contributed by atoms with van der Waals surface area (Å²) in [4.78, 5) is 13.3. The number of hydrogen-bond acceptors (Lipinski definition) is 5. The van der Waals surface area contributed by atoms with Crippen molar-refractivity contribution in [3.05, 3.63) is 183 Å². The summed E-state index contributed by atoms with van der Waals surface area (Å²) in [6.07, 6.45) is 8.10. The molecule has 0 atom stereocenters. The van der Waals surface area contributed by atoms with Crippen LogP contribution < -0.4 is 25.7 Å². The zero-order valence-electron chi connectivity index (χ0n) is 27.7. The molecule has 2 aliphatic rings. The van der Waals surface area contributed by atoms with E-state index in [-0.39, 0.29) is 19.8 Å². The maximum atomic E-state index is 5.11. The van der Waals surface area contributed by atoms with Crippen LogP contribution in [0.25, 0.3) is 22.2 Å². The Morgan fingerprint density at radius 1 is 0.633 bits per heavy atom. The van der Waals surface area contributed by atoms with Gasteiger partial charge in [0.15, 0.2) is 0 Å². The molecule has 0 saturated heterocycles. The van der Waals surface area contributed by atoms with E-state index in [0.29, 0.717) is 0 Å². The van der Waals surface area contributed by atoms with Crippen molar-refractivity contribution in [2.24, 2.45) is 0 Å². The van der Waals surface area contributed by atoms with Gasteiger partial charge in [0, 0.05) is 5.39 Å². The third-order valence-electron chi connectivity index (χ3n) is 8.18. The summed E-state index contributed by atoms with van der Waals surface area (Å²) in [6.45, 7) is 6.17.